The van der Waals surface area contributed by atoms with Gasteiger partial charge < -0.3 is 15.0 Å². The predicted octanol–water partition coefficient (Wildman–Crippen LogP) is 2.69. The van der Waals surface area contributed by atoms with E-state index in [0.717, 1.165) is 17.7 Å². The molecular formula is C17H21N3O2. The quantitative estimate of drug-likeness (QED) is 0.800. The van der Waals surface area contributed by atoms with Gasteiger partial charge in [-0.2, -0.15) is 0 Å². The van der Waals surface area contributed by atoms with Crippen molar-refractivity contribution in [1.82, 2.24) is 15.2 Å². The molecule has 0 saturated heterocycles. The molecule has 2 amide bonds. The summed E-state index contributed by atoms with van der Waals surface area (Å²) in [6.45, 7) is 1.74. The van der Waals surface area contributed by atoms with Crippen LogP contribution in [0.25, 0.3) is 0 Å². The number of para-hydroxylation sites is 1. The summed E-state index contributed by atoms with van der Waals surface area (Å²) in [7, 11) is 1.78. The van der Waals surface area contributed by atoms with Gasteiger partial charge in [0.2, 0.25) is 0 Å². The number of amides is 2. The molecule has 2 aromatic rings. The van der Waals surface area contributed by atoms with E-state index in [-0.39, 0.29) is 6.03 Å². The molecule has 116 valence electrons. The van der Waals surface area contributed by atoms with Gasteiger partial charge in [0, 0.05) is 32.5 Å². The molecule has 0 aliphatic rings. The van der Waals surface area contributed by atoms with E-state index < -0.39 is 0 Å². The van der Waals surface area contributed by atoms with Crippen molar-refractivity contribution in [3.8, 4) is 5.75 Å². The van der Waals surface area contributed by atoms with Crippen LogP contribution in [0.3, 0.4) is 0 Å². The van der Waals surface area contributed by atoms with Crippen LogP contribution in [-0.2, 0) is 6.54 Å². The van der Waals surface area contributed by atoms with Crippen LogP contribution >= 0.6 is 0 Å². The third kappa shape index (κ3) is 5.44. The molecule has 0 radical (unpaired) electrons. The van der Waals surface area contributed by atoms with E-state index in [0.29, 0.717) is 19.7 Å². The standard InChI is InChI=1S/C17H21N3O2/c1-20(12-5-13-22-16-6-3-2-4-7-16)17(21)19-14-15-8-10-18-11-9-15/h2-4,6-11H,5,12-14H2,1H3,(H,19,21). The normalized spacial score (nSPS) is 10.0. The molecule has 22 heavy (non-hydrogen) atoms. The molecule has 1 aromatic heterocycles. The van der Waals surface area contributed by atoms with Gasteiger partial charge in [-0.3, -0.25) is 4.98 Å². The molecule has 5 heteroatoms. The fraction of sp³-hybridized carbons (Fsp3) is 0.294. The number of aromatic nitrogens is 1. The van der Waals surface area contributed by atoms with Crippen molar-refractivity contribution >= 4 is 6.03 Å². The van der Waals surface area contributed by atoms with Gasteiger partial charge in [0.15, 0.2) is 0 Å². The molecule has 0 spiro atoms. The molecule has 0 fully saturated rings. The maximum Gasteiger partial charge on any atom is 0.317 e. The molecule has 5 nitrogen and oxygen atoms in total. The second-order valence-corrected chi connectivity index (χ2v) is 4.95. The topological polar surface area (TPSA) is 54.5 Å². The highest BCUT2D eigenvalue weighted by Crippen LogP contribution is 2.08. The van der Waals surface area contributed by atoms with E-state index in [1.165, 1.54) is 0 Å². The molecule has 0 bridgehead atoms. The van der Waals surface area contributed by atoms with Crippen molar-refractivity contribution in [3.63, 3.8) is 0 Å². The number of ether oxygens (including phenoxy) is 1. The lowest BCUT2D eigenvalue weighted by atomic mass is 10.3. The highest BCUT2D eigenvalue weighted by Gasteiger charge is 2.07. The number of benzene rings is 1. The van der Waals surface area contributed by atoms with Gasteiger partial charge in [-0.15, -0.1) is 0 Å². The average Bonchev–Trinajstić information content (AvgIpc) is 2.58. The Bertz CT molecular complexity index is 561. The van der Waals surface area contributed by atoms with Crippen LogP contribution < -0.4 is 10.1 Å². The van der Waals surface area contributed by atoms with Crippen molar-refractivity contribution in [2.75, 3.05) is 20.2 Å². The molecule has 1 N–H and O–H groups in total. The number of nitrogens with zero attached hydrogens (tertiary/aromatic N) is 2. The van der Waals surface area contributed by atoms with Crippen LogP contribution in [0.4, 0.5) is 4.79 Å². The second-order valence-electron chi connectivity index (χ2n) is 4.95. The summed E-state index contributed by atoms with van der Waals surface area (Å²) in [4.78, 5) is 17.5. The fourth-order valence-electron chi connectivity index (χ4n) is 1.92. The lowest BCUT2D eigenvalue weighted by Crippen LogP contribution is -2.37. The number of urea groups is 1. The smallest absolute Gasteiger partial charge is 0.317 e. The van der Waals surface area contributed by atoms with Crippen LogP contribution in [-0.4, -0.2) is 36.1 Å². The number of pyridine rings is 1. The zero-order valence-electron chi connectivity index (χ0n) is 12.7. The number of hydrogen-bond donors (Lipinski definition) is 1. The van der Waals surface area contributed by atoms with Gasteiger partial charge in [0.05, 0.1) is 6.61 Å². The summed E-state index contributed by atoms with van der Waals surface area (Å²) in [6.07, 6.45) is 4.21. The largest absolute Gasteiger partial charge is 0.494 e. The minimum Gasteiger partial charge on any atom is -0.494 e. The zero-order valence-corrected chi connectivity index (χ0v) is 12.7. The van der Waals surface area contributed by atoms with Crippen molar-refractivity contribution in [1.29, 1.82) is 0 Å². The highest BCUT2D eigenvalue weighted by atomic mass is 16.5. The fourth-order valence-corrected chi connectivity index (χ4v) is 1.92. The lowest BCUT2D eigenvalue weighted by Gasteiger charge is -2.18. The van der Waals surface area contributed by atoms with E-state index in [9.17, 15) is 4.79 Å². The second kappa shape index (κ2) is 8.67. The Morgan fingerprint density at radius 2 is 1.91 bits per heavy atom. The van der Waals surface area contributed by atoms with Gasteiger partial charge >= 0.3 is 6.03 Å². The van der Waals surface area contributed by atoms with Gasteiger partial charge in [-0.05, 0) is 36.2 Å². The molecule has 1 heterocycles. The molecule has 0 unspecified atom stereocenters. The summed E-state index contributed by atoms with van der Waals surface area (Å²) in [5, 5.41) is 2.88. The van der Waals surface area contributed by atoms with Crippen LogP contribution in [0.15, 0.2) is 54.9 Å². The molecule has 0 aliphatic heterocycles. The summed E-state index contributed by atoms with van der Waals surface area (Å²) in [5.41, 5.74) is 1.03. The number of nitrogens with one attached hydrogen (secondary N) is 1. The monoisotopic (exact) mass is 299 g/mol. The highest BCUT2D eigenvalue weighted by molar-refractivity contribution is 5.73. The predicted molar refractivity (Wildman–Crippen MR) is 85.7 cm³/mol. The van der Waals surface area contributed by atoms with Crippen molar-refractivity contribution in [3.05, 3.63) is 60.4 Å². The Labute approximate surface area is 130 Å². The lowest BCUT2D eigenvalue weighted by molar-refractivity contribution is 0.203. The Kier molecular flexibility index (Phi) is 6.23. The van der Waals surface area contributed by atoms with E-state index >= 15 is 0 Å². The number of carbonyl (C=O) groups excluding carboxylic acids is 1. The molecule has 1 aromatic carbocycles. The van der Waals surface area contributed by atoms with Gasteiger partial charge in [-0.1, -0.05) is 18.2 Å². The van der Waals surface area contributed by atoms with E-state index in [1.807, 2.05) is 42.5 Å². The first-order chi connectivity index (χ1) is 10.8. The summed E-state index contributed by atoms with van der Waals surface area (Å²) < 4.78 is 5.60. The molecule has 2 rings (SSSR count). The van der Waals surface area contributed by atoms with Gasteiger partial charge in [0.1, 0.15) is 5.75 Å². The Hall–Kier alpha value is -2.56. The van der Waals surface area contributed by atoms with Crippen molar-refractivity contribution in [2.45, 2.75) is 13.0 Å². The van der Waals surface area contributed by atoms with E-state index in [1.54, 1.807) is 24.3 Å². The van der Waals surface area contributed by atoms with Crippen LogP contribution in [0.5, 0.6) is 5.75 Å². The maximum absolute atomic E-state index is 11.9. The van der Waals surface area contributed by atoms with Crippen molar-refractivity contribution < 1.29 is 9.53 Å². The zero-order chi connectivity index (χ0) is 15.6. The molecule has 0 saturated carbocycles. The van der Waals surface area contributed by atoms with Crippen molar-refractivity contribution in [2.24, 2.45) is 0 Å². The first-order valence-electron chi connectivity index (χ1n) is 7.31. The van der Waals surface area contributed by atoms with E-state index in [4.69, 9.17) is 4.74 Å². The average molecular weight is 299 g/mol. The first kappa shape index (κ1) is 15.8. The molecular weight excluding hydrogens is 278 g/mol. The molecule has 0 aliphatic carbocycles. The number of rotatable bonds is 7. The van der Waals surface area contributed by atoms with Crippen LogP contribution in [0.1, 0.15) is 12.0 Å². The summed E-state index contributed by atoms with van der Waals surface area (Å²) in [6, 6.07) is 13.4. The van der Waals surface area contributed by atoms with E-state index in [2.05, 4.69) is 10.3 Å². The third-order valence-corrected chi connectivity index (χ3v) is 3.19. The molecule has 0 atom stereocenters. The summed E-state index contributed by atoms with van der Waals surface area (Å²) in [5.74, 6) is 0.854. The number of hydrogen-bond acceptors (Lipinski definition) is 3. The Morgan fingerprint density at radius 1 is 1.18 bits per heavy atom. The first-order valence-corrected chi connectivity index (χ1v) is 7.31. The van der Waals surface area contributed by atoms with Gasteiger partial charge in [-0.25, -0.2) is 4.79 Å². The SMILES string of the molecule is CN(CCCOc1ccccc1)C(=O)NCc1ccncc1. The van der Waals surface area contributed by atoms with Crippen LogP contribution in [0, 0.1) is 0 Å². The minimum absolute atomic E-state index is 0.0866. The maximum atomic E-state index is 11.9. The Balaban J connectivity index is 1.62. The van der Waals surface area contributed by atoms with Crippen LogP contribution in [0.2, 0.25) is 0 Å². The summed E-state index contributed by atoms with van der Waals surface area (Å²) >= 11 is 0. The third-order valence-electron chi connectivity index (χ3n) is 3.19. The van der Waals surface area contributed by atoms with Gasteiger partial charge in [0.25, 0.3) is 0 Å². The number of carbonyl (C=O) groups is 1. The minimum atomic E-state index is -0.0866. The Morgan fingerprint density at radius 3 is 2.64 bits per heavy atom.